The predicted molar refractivity (Wildman–Crippen MR) is 155 cm³/mol. The van der Waals surface area contributed by atoms with E-state index in [0.717, 1.165) is 12.0 Å². The van der Waals surface area contributed by atoms with Crippen molar-refractivity contribution in [3.8, 4) is 5.75 Å². The predicted octanol–water partition coefficient (Wildman–Crippen LogP) is -0.981. The second-order valence-electron chi connectivity index (χ2n) is 12.0. The molecule has 2 aromatic carbocycles. The zero-order valence-corrected chi connectivity index (χ0v) is 23.8. The molecule has 228 valence electrons. The third-order valence-corrected chi connectivity index (χ3v) is 8.86. The van der Waals surface area contributed by atoms with E-state index in [-0.39, 0.29) is 48.3 Å². The molecule has 1 fully saturated rings. The van der Waals surface area contributed by atoms with Crippen molar-refractivity contribution in [3.05, 3.63) is 65.0 Å². The number of hydrogen-bond donors (Lipinski definition) is 7. The SMILES string of the molecule is CC1(C)CCOc2c(C(=O)NC3CN4C(N)=N[C@@H](CNC(=O)Cc5ccc(F)cc5)C5N=C(N)NC54C3(O)O)cccc21. The van der Waals surface area contributed by atoms with Crippen molar-refractivity contribution in [1.29, 1.82) is 0 Å². The van der Waals surface area contributed by atoms with E-state index >= 15 is 0 Å². The highest BCUT2D eigenvalue weighted by atomic mass is 19.1. The number of nitrogens with one attached hydrogen (secondary N) is 3. The van der Waals surface area contributed by atoms with Crippen LogP contribution in [0.1, 0.15) is 41.8 Å². The fraction of sp³-hybridized carbons (Fsp3) is 0.448. The summed E-state index contributed by atoms with van der Waals surface area (Å²) in [5, 5.41) is 31.9. The van der Waals surface area contributed by atoms with Gasteiger partial charge in [0.2, 0.25) is 11.7 Å². The highest BCUT2D eigenvalue weighted by molar-refractivity contribution is 5.98. The molecule has 6 rings (SSSR count). The average Bonchev–Trinajstić information content (AvgIpc) is 3.42. The molecule has 4 aliphatic rings. The van der Waals surface area contributed by atoms with E-state index in [1.54, 1.807) is 12.1 Å². The van der Waals surface area contributed by atoms with Crippen LogP contribution in [-0.4, -0.2) is 88.1 Å². The Kier molecular flexibility index (Phi) is 6.73. The number of nitrogens with zero attached hydrogens (tertiary/aromatic N) is 3. The molecule has 1 saturated heterocycles. The summed E-state index contributed by atoms with van der Waals surface area (Å²) >= 11 is 0. The molecule has 2 amide bonds. The van der Waals surface area contributed by atoms with Crippen molar-refractivity contribution in [1.82, 2.24) is 20.9 Å². The maximum atomic E-state index is 13.6. The number of rotatable bonds is 6. The van der Waals surface area contributed by atoms with Gasteiger partial charge in [0.15, 0.2) is 17.6 Å². The first-order valence-electron chi connectivity index (χ1n) is 14.1. The lowest BCUT2D eigenvalue weighted by Gasteiger charge is -2.49. The summed E-state index contributed by atoms with van der Waals surface area (Å²) in [6.07, 6.45) is 0.794. The van der Waals surface area contributed by atoms with E-state index in [9.17, 15) is 24.2 Å². The quantitative estimate of drug-likeness (QED) is 0.205. The normalized spacial score (nSPS) is 27.8. The van der Waals surface area contributed by atoms with Gasteiger partial charge >= 0.3 is 0 Å². The largest absolute Gasteiger partial charge is 0.492 e. The van der Waals surface area contributed by atoms with Gasteiger partial charge in [0.05, 0.1) is 24.6 Å². The van der Waals surface area contributed by atoms with Crippen molar-refractivity contribution in [2.24, 2.45) is 21.5 Å². The van der Waals surface area contributed by atoms with Gasteiger partial charge in [0, 0.05) is 18.7 Å². The smallest absolute Gasteiger partial charge is 0.255 e. The highest BCUT2D eigenvalue weighted by Gasteiger charge is 2.73. The number of benzene rings is 2. The Morgan fingerprint density at radius 2 is 1.91 bits per heavy atom. The molecule has 0 radical (unpaired) electrons. The molecular weight excluding hydrogens is 559 g/mol. The van der Waals surface area contributed by atoms with E-state index < -0.39 is 41.3 Å². The van der Waals surface area contributed by atoms with Crippen LogP contribution in [0.3, 0.4) is 0 Å². The van der Waals surface area contributed by atoms with Gasteiger partial charge in [0.25, 0.3) is 5.91 Å². The van der Waals surface area contributed by atoms with Gasteiger partial charge in [-0.15, -0.1) is 0 Å². The number of ether oxygens (including phenoxy) is 1. The van der Waals surface area contributed by atoms with Gasteiger partial charge in [0.1, 0.15) is 23.7 Å². The molecule has 4 heterocycles. The van der Waals surface area contributed by atoms with E-state index in [1.807, 2.05) is 6.07 Å². The number of aliphatic imine (C=N–C) groups is 2. The van der Waals surface area contributed by atoms with Crippen molar-refractivity contribution < 1.29 is 28.9 Å². The summed E-state index contributed by atoms with van der Waals surface area (Å²) in [6, 6.07) is 7.83. The van der Waals surface area contributed by atoms with Crippen LogP contribution >= 0.6 is 0 Å². The van der Waals surface area contributed by atoms with Crippen LogP contribution < -0.4 is 32.2 Å². The summed E-state index contributed by atoms with van der Waals surface area (Å²) in [5.41, 5.74) is 12.2. The standard InChI is InChI=1S/C29H35FN8O5/c1-27(2)10-11-43-22-17(4-3-5-18(22)27)24(40)35-20-14-38-26(32)34-19(23-28(38,29(20,41)42)37-25(31)36-23)13-33-21(39)12-15-6-8-16(30)9-7-15/h3-9,19-20,23,41-42H,10-14H2,1-2H3,(H2,32,34)(H,33,39)(H,35,40)(H3,31,36,37)/t19-,20?,23?,28?/m0/s1. The number of para-hydroxylation sites is 1. The molecule has 1 spiro atoms. The second-order valence-corrected chi connectivity index (χ2v) is 12.0. The molecule has 0 bridgehead atoms. The molecule has 0 aliphatic carbocycles. The highest BCUT2D eigenvalue weighted by Crippen LogP contribution is 2.45. The maximum absolute atomic E-state index is 13.6. The van der Waals surface area contributed by atoms with Gasteiger partial charge in [-0.3, -0.25) is 9.59 Å². The van der Waals surface area contributed by atoms with Crippen LogP contribution in [0.15, 0.2) is 52.4 Å². The van der Waals surface area contributed by atoms with Crippen molar-refractivity contribution in [2.45, 2.75) is 61.7 Å². The average molecular weight is 595 g/mol. The van der Waals surface area contributed by atoms with Crippen LogP contribution in [0.5, 0.6) is 5.75 Å². The van der Waals surface area contributed by atoms with Gasteiger partial charge in [-0.05, 0) is 35.6 Å². The van der Waals surface area contributed by atoms with Crippen molar-refractivity contribution in [3.63, 3.8) is 0 Å². The van der Waals surface area contributed by atoms with Crippen LogP contribution in [0, 0.1) is 5.82 Å². The van der Waals surface area contributed by atoms with Crippen molar-refractivity contribution in [2.75, 3.05) is 19.7 Å². The number of halogens is 1. The number of amides is 2. The van der Waals surface area contributed by atoms with Gasteiger partial charge < -0.3 is 47.3 Å². The molecule has 9 N–H and O–H groups in total. The molecule has 14 heteroatoms. The number of guanidine groups is 2. The minimum atomic E-state index is -2.64. The number of aliphatic hydroxyl groups is 2. The molecular formula is C29H35FN8O5. The van der Waals surface area contributed by atoms with Crippen LogP contribution in [-0.2, 0) is 16.6 Å². The first kappa shape index (κ1) is 28.7. The first-order chi connectivity index (χ1) is 20.3. The topological polar surface area (TPSA) is 200 Å². The molecule has 3 unspecified atom stereocenters. The zero-order chi connectivity index (χ0) is 30.7. The summed E-state index contributed by atoms with van der Waals surface area (Å²) in [6.45, 7) is 4.44. The summed E-state index contributed by atoms with van der Waals surface area (Å²) in [5.74, 6) is -3.59. The Morgan fingerprint density at radius 3 is 2.65 bits per heavy atom. The molecule has 0 saturated carbocycles. The Hall–Kier alpha value is -4.43. The fourth-order valence-electron chi connectivity index (χ4n) is 6.50. The lowest BCUT2D eigenvalue weighted by Crippen LogP contribution is -2.78. The lowest BCUT2D eigenvalue weighted by molar-refractivity contribution is -0.230. The zero-order valence-electron chi connectivity index (χ0n) is 23.8. The van der Waals surface area contributed by atoms with Gasteiger partial charge in [-0.2, -0.15) is 0 Å². The number of fused-ring (bicyclic) bond motifs is 1. The third-order valence-electron chi connectivity index (χ3n) is 8.86. The molecule has 4 aliphatic heterocycles. The Morgan fingerprint density at radius 1 is 1.16 bits per heavy atom. The van der Waals surface area contributed by atoms with E-state index in [0.29, 0.717) is 17.9 Å². The number of carbonyl (C=O) groups is 2. The number of carbonyl (C=O) groups excluding carboxylic acids is 2. The summed E-state index contributed by atoms with van der Waals surface area (Å²) in [4.78, 5) is 36.6. The monoisotopic (exact) mass is 594 g/mol. The Bertz CT molecular complexity index is 1530. The van der Waals surface area contributed by atoms with Crippen LogP contribution in [0.4, 0.5) is 4.39 Å². The summed E-state index contributed by atoms with van der Waals surface area (Å²) in [7, 11) is 0. The maximum Gasteiger partial charge on any atom is 0.255 e. The number of hydrogen-bond acceptors (Lipinski definition) is 11. The van der Waals surface area contributed by atoms with Gasteiger partial charge in [-0.1, -0.05) is 38.1 Å². The third kappa shape index (κ3) is 4.61. The van der Waals surface area contributed by atoms with Crippen LogP contribution in [0.25, 0.3) is 0 Å². The van der Waals surface area contributed by atoms with Crippen LogP contribution in [0.2, 0.25) is 0 Å². The molecule has 4 atom stereocenters. The minimum Gasteiger partial charge on any atom is -0.492 e. The Balaban J connectivity index is 1.22. The molecule has 0 aromatic heterocycles. The van der Waals surface area contributed by atoms with Crippen molar-refractivity contribution >= 4 is 23.7 Å². The Labute approximate surface area is 247 Å². The molecule has 2 aromatic rings. The number of nitrogens with two attached hydrogens (primary N) is 2. The fourth-order valence-corrected chi connectivity index (χ4v) is 6.50. The van der Waals surface area contributed by atoms with E-state index in [2.05, 4.69) is 39.8 Å². The lowest BCUT2D eigenvalue weighted by atomic mass is 9.79. The molecule has 13 nitrogen and oxygen atoms in total. The van der Waals surface area contributed by atoms with E-state index in [4.69, 9.17) is 16.2 Å². The summed E-state index contributed by atoms with van der Waals surface area (Å²) < 4.78 is 19.1. The molecule has 43 heavy (non-hydrogen) atoms. The van der Waals surface area contributed by atoms with Gasteiger partial charge in [-0.25, -0.2) is 14.4 Å². The van der Waals surface area contributed by atoms with E-state index in [1.165, 1.54) is 29.2 Å². The minimum absolute atomic E-state index is 0.0000833. The second kappa shape index (κ2) is 10.1. The first-order valence-corrected chi connectivity index (χ1v) is 14.1.